The van der Waals surface area contributed by atoms with Gasteiger partial charge in [-0.3, -0.25) is 0 Å². The molecule has 1 atom stereocenters. The van der Waals surface area contributed by atoms with Gasteiger partial charge in [0.1, 0.15) is 5.37 Å². The van der Waals surface area contributed by atoms with E-state index in [1.807, 2.05) is 30.3 Å². The Hall–Kier alpha value is -0.870. The molecule has 0 spiro atoms. The Morgan fingerprint density at radius 2 is 1.87 bits per heavy atom. The summed E-state index contributed by atoms with van der Waals surface area (Å²) < 4.78 is 22.7. The lowest BCUT2D eigenvalue weighted by molar-refractivity contribution is 0.580. The molecule has 0 amide bonds. The number of rotatable bonds is 5. The van der Waals surface area contributed by atoms with Gasteiger partial charge >= 0.3 is 0 Å². The van der Waals surface area contributed by atoms with E-state index >= 15 is 0 Å². The summed E-state index contributed by atoms with van der Waals surface area (Å²) in [5.74, 6) is 0.104. The van der Waals surface area contributed by atoms with Gasteiger partial charge in [-0.15, -0.1) is 0 Å². The van der Waals surface area contributed by atoms with E-state index in [1.165, 1.54) is 6.92 Å². The molecule has 1 aromatic rings. The average molecular weight is 226 g/mol. The zero-order valence-corrected chi connectivity index (χ0v) is 9.63. The molecule has 1 N–H and O–H groups in total. The van der Waals surface area contributed by atoms with Crippen LogP contribution in [0.1, 0.15) is 18.9 Å². The smallest absolute Gasteiger partial charge is 0.167 e. The minimum absolute atomic E-state index is 0.104. The van der Waals surface area contributed by atoms with Gasteiger partial charge in [-0.25, -0.2) is 14.2 Å². The molecule has 3 nitrogen and oxygen atoms in total. The molecular formula is C11H16NO2S. The first kappa shape index (κ1) is 12.2. The summed E-state index contributed by atoms with van der Waals surface area (Å²) in [6.45, 7) is 1.40. The fourth-order valence-electron chi connectivity index (χ4n) is 1.30. The Kier molecular flexibility index (Phi) is 4.29. The van der Waals surface area contributed by atoms with Crippen LogP contribution in [0.4, 0.5) is 0 Å². The summed E-state index contributed by atoms with van der Waals surface area (Å²) in [7, 11) is -3.20. The van der Waals surface area contributed by atoms with Gasteiger partial charge in [0.2, 0.25) is 0 Å². The number of aryl methyl sites for hydroxylation is 1. The van der Waals surface area contributed by atoms with Gasteiger partial charge in [-0.1, -0.05) is 30.3 Å². The molecule has 0 saturated carbocycles. The van der Waals surface area contributed by atoms with Crippen molar-refractivity contribution in [1.29, 1.82) is 0 Å². The third kappa shape index (κ3) is 4.01. The van der Waals surface area contributed by atoms with Crippen molar-refractivity contribution in [1.82, 2.24) is 5.73 Å². The van der Waals surface area contributed by atoms with Crippen LogP contribution < -0.4 is 5.73 Å². The summed E-state index contributed by atoms with van der Waals surface area (Å²) >= 11 is 0. The fraction of sp³-hybridized carbons (Fsp3) is 0.455. The lowest BCUT2D eigenvalue weighted by Gasteiger charge is -2.06. The first-order valence-corrected chi connectivity index (χ1v) is 6.70. The third-order valence-electron chi connectivity index (χ3n) is 2.28. The molecule has 1 unspecified atom stereocenters. The first-order chi connectivity index (χ1) is 7.02. The van der Waals surface area contributed by atoms with E-state index in [0.717, 1.165) is 12.0 Å². The highest BCUT2D eigenvalue weighted by atomic mass is 32.2. The summed E-state index contributed by atoms with van der Waals surface area (Å²) in [5.41, 5.74) is 8.32. The maximum Gasteiger partial charge on any atom is 0.167 e. The van der Waals surface area contributed by atoms with Crippen LogP contribution in [0.3, 0.4) is 0 Å². The van der Waals surface area contributed by atoms with Crippen molar-refractivity contribution in [2.24, 2.45) is 0 Å². The molecule has 1 radical (unpaired) electrons. The van der Waals surface area contributed by atoms with Gasteiger partial charge < -0.3 is 0 Å². The van der Waals surface area contributed by atoms with Crippen molar-refractivity contribution >= 4 is 9.84 Å². The van der Waals surface area contributed by atoms with Crippen LogP contribution >= 0.6 is 0 Å². The van der Waals surface area contributed by atoms with Crippen LogP contribution in [0.25, 0.3) is 0 Å². The van der Waals surface area contributed by atoms with Gasteiger partial charge in [-0.2, -0.15) is 0 Å². The van der Waals surface area contributed by atoms with E-state index in [1.54, 1.807) is 0 Å². The Morgan fingerprint density at radius 1 is 1.27 bits per heavy atom. The third-order valence-corrected chi connectivity index (χ3v) is 4.21. The van der Waals surface area contributed by atoms with Gasteiger partial charge in [0.15, 0.2) is 9.84 Å². The molecule has 0 saturated heterocycles. The molecule has 0 aromatic heterocycles. The van der Waals surface area contributed by atoms with Crippen molar-refractivity contribution in [2.45, 2.75) is 25.1 Å². The largest absolute Gasteiger partial charge is 0.239 e. The van der Waals surface area contributed by atoms with E-state index in [0.29, 0.717) is 6.42 Å². The van der Waals surface area contributed by atoms with E-state index in [9.17, 15) is 8.42 Å². The predicted octanol–water partition coefficient (Wildman–Crippen LogP) is 1.66. The molecule has 0 aliphatic carbocycles. The second-order valence-corrected chi connectivity index (χ2v) is 6.04. The molecule has 0 bridgehead atoms. The minimum atomic E-state index is -3.20. The Bertz CT molecular complexity index is 384. The molecule has 15 heavy (non-hydrogen) atoms. The van der Waals surface area contributed by atoms with Crippen molar-refractivity contribution < 1.29 is 8.42 Å². The highest BCUT2D eigenvalue weighted by molar-refractivity contribution is 7.91. The highest BCUT2D eigenvalue weighted by Gasteiger charge is 2.16. The van der Waals surface area contributed by atoms with E-state index < -0.39 is 15.2 Å². The number of benzene rings is 1. The average Bonchev–Trinajstić information content (AvgIpc) is 2.19. The molecule has 1 rings (SSSR count). The van der Waals surface area contributed by atoms with Crippen LogP contribution in [0.15, 0.2) is 30.3 Å². The van der Waals surface area contributed by atoms with Gasteiger partial charge in [0.25, 0.3) is 0 Å². The maximum atomic E-state index is 11.3. The monoisotopic (exact) mass is 226 g/mol. The SMILES string of the molecule is CC([NH])S(=O)(=O)CCCc1ccccc1. The lowest BCUT2D eigenvalue weighted by atomic mass is 10.1. The van der Waals surface area contributed by atoms with Gasteiger partial charge in [-0.05, 0) is 25.3 Å². The fourth-order valence-corrected chi connectivity index (χ4v) is 2.20. The number of nitrogens with one attached hydrogen (secondary N) is 1. The summed E-state index contributed by atoms with van der Waals surface area (Å²) in [6, 6.07) is 9.79. The van der Waals surface area contributed by atoms with E-state index in [-0.39, 0.29) is 5.75 Å². The molecule has 4 heteroatoms. The standard InChI is InChI=1S/C11H16NO2S/c1-10(12)15(13,14)9-5-8-11-6-3-2-4-7-11/h2-4,6-7,10,12H,5,8-9H2,1H3. The van der Waals surface area contributed by atoms with Crippen molar-refractivity contribution in [3.63, 3.8) is 0 Å². The van der Waals surface area contributed by atoms with Gasteiger partial charge in [0, 0.05) is 0 Å². The van der Waals surface area contributed by atoms with E-state index in [2.05, 4.69) is 0 Å². The Labute approximate surface area is 91.2 Å². The molecule has 0 aliphatic rings. The normalized spacial score (nSPS) is 13.7. The second-order valence-electron chi connectivity index (χ2n) is 3.60. The molecular weight excluding hydrogens is 210 g/mol. The molecule has 1 aromatic carbocycles. The van der Waals surface area contributed by atoms with Crippen LogP contribution in [0.2, 0.25) is 0 Å². The lowest BCUT2D eigenvalue weighted by Crippen LogP contribution is -2.22. The van der Waals surface area contributed by atoms with Crippen LogP contribution in [-0.4, -0.2) is 19.5 Å². The highest BCUT2D eigenvalue weighted by Crippen LogP contribution is 2.06. The minimum Gasteiger partial charge on any atom is -0.239 e. The topological polar surface area (TPSA) is 57.9 Å². The summed E-state index contributed by atoms with van der Waals surface area (Å²) in [4.78, 5) is 0. The quantitative estimate of drug-likeness (QED) is 0.766. The molecule has 0 heterocycles. The Morgan fingerprint density at radius 3 is 2.40 bits per heavy atom. The number of hydrogen-bond acceptors (Lipinski definition) is 2. The molecule has 0 fully saturated rings. The zero-order valence-electron chi connectivity index (χ0n) is 8.81. The maximum absolute atomic E-state index is 11.3. The molecule has 83 valence electrons. The number of sulfone groups is 1. The Balaban J connectivity index is 2.41. The van der Waals surface area contributed by atoms with Crippen molar-refractivity contribution in [3.8, 4) is 0 Å². The van der Waals surface area contributed by atoms with Gasteiger partial charge in [0.05, 0.1) is 5.75 Å². The summed E-state index contributed by atoms with van der Waals surface area (Å²) in [6.07, 6.45) is 1.35. The van der Waals surface area contributed by atoms with Crippen LogP contribution in [0.5, 0.6) is 0 Å². The predicted molar refractivity (Wildman–Crippen MR) is 61.1 cm³/mol. The zero-order chi connectivity index (χ0) is 11.3. The second kappa shape index (κ2) is 5.28. The van der Waals surface area contributed by atoms with Crippen molar-refractivity contribution in [2.75, 3.05) is 5.75 Å². The molecule has 0 aliphatic heterocycles. The first-order valence-electron chi connectivity index (χ1n) is 4.99. The van der Waals surface area contributed by atoms with Crippen LogP contribution in [-0.2, 0) is 16.3 Å². The van der Waals surface area contributed by atoms with E-state index in [4.69, 9.17) is 5.73 Å². The number of hydrogen-bond donors (Lipinski definition) is 0. The van der Waals surface area contributed by atoms with Crippen LogP contribution in [0, 0.1) is 0 Å². The summed E-state index contributed by atoms with van der Waals surface area (Å²) in [5, 5.41) is -1.01. The van der Waals surface area contributed by atoms with Crippen molar-refractivity contribution in [3.05, 3.63) is 35.9 Å².